The van der Waals surface area contributed by atoms with Crippen molar-refractivity contribution in [2.24, 2.45) is 0 Å². The highest BCUT2D eigenvalue weighted by Gasteiger charge is 2.45. The Balaban J connectivity index is 1.90. The van der Waals surface area contributed by atoms with Gasteiger partial charge in [0.15, 0.2) is 0 Å². The molecule has 3 rings (SSSR count). The van der Waals surface area contributed by atoms with Crippen LogP contribution in [-0.2, 0) is 4.74 Å². The van der Waals surface area contributed by atoms with Crippen molar-refractivity contribution in [3.05, 3.63) is 35.4 Å². The van der Waals surface area contributed by atoms with E-state index in [0.29, 0.717) is 11.1 Å². The number of carboxylic acid groups (broad SMARTS) is 1. The monoisotopic (exact) mass is 276 g/mol. The number of hydrogen-bond donors (Lipinski definition) is 2. The molecule has 0 radical (unpaired) electrons. The molecule has 0 bridgehead atoms. The van der Waals surface area contributed by atoms with Gasteiger partial charge in [0.2, 0.25) is 0 Å². The maximum Gasteiger partial charge on any atom is 0.405 e. The molecule has 2 aliphatic rings. The van der Waals surface area contributed by atoms with E-state index in [2.05, 4.69) is 5.32 Å². The molecule has 0 aromatic heterocycles. The van der Waals surface area contributed by atoms with E-state index < -0.39 is 30.0 Å². The molecule has 7 heteroatoms. The highest BCUT2D eigenvalue weighted by Crippen LogP contribution is 2.27. The van der Waals surface area contributed by atoms with Crippen LogP contribution in [0.1, 0.15) is 20.7 Å². The molecule has 2 N–H and O–H groups in total. The van der Waals surface area contributed by atoms with Crippen LogP contribution in [0.4, 0.5) is 4.79 Å². The van der Waals surface area contributed by atoms with E-state index in [0.717, 1.165) is 4.90 Å². The average molecular weight is 276 g/mol. The second kappa shape index (κ2) is 4.61. The van der Waals surface area contributed by atoms with Gasteiger partial charge < -0.3 is 15.2 Å². The van der Waals surface area contributed by atoms with Crippen LogP contribution in [0.5, 0.6) is 0 Å². The Kier molecular flexibility index (Phi) is 2.90. The normalized spacial score (nSPS) is 24.9. The highest BCUT2D eigenvalue weighted by atomic mass is 16.5. The SMILES string of the molecule is O=C(O)N[C@@H]1COC[C@@H]1N1C(=O)c2ccccc2C1=O. The first-order valence-corrected chi connectivity index (χ1v) is 6.13. The lowest BCUT2D eigenvalue weighted by Crippen LogP contribution is -2.52. The zero-order valence-electron chi connectivity index (χ0n) is 10.4. The number of fused-ring (bicyclic) bond motifs is 1. The molecule has 0 unspecified atom stereocenters. The third-order valence-electron chi connectivity index (χ3n) is 3.52. The predicted octanol–water partition coefficient (Wildman–Crippen LogP) is 0.318. The Labute approximate surface area is 114 Å². The second-order valence-corrected chi connectivity index (χ2v) is 4.69. The van der Waals surface area contributed by atoms with Crippen LogP contribution < -0.4 is 5.32 Å². The van der Waals surface area contributed by atoms with E-state index in [-0.39, 0.29) is 13.2 Å². The van der Waals surface area contributed by atoms with Gasteiger partial charge in [-0.05, 0) is 12.1 Å². The van der Waals surface area contributed by atoms with Crippen LogP contribution in [0, 0.1) is 0 Å². The number of carbonyl (C=O) groups excluding carboxylic acids is 2. The zero-order chi connectivity index (χ0) is 14.3. The van der Waals surface area contributed by atoms with Crippen molar-refractivity contribution in [1.82, 2.24) is 10.2 Å². The van der Waals surface area contributed by atoms with E-state index in [9.17, 15) is 14.4 Å². The van der Waals surface area contributed by atoms with Crippen LogP contribution in [0.15, 0.2) is 24.3 Å². The largest absolute Gasteiger partial charge is 0.465 e. The number of nitrogens with zero attached hydrogens (tertiary/aromatic N) is 1. The number of rotatable bonds is 2. The van der Waals surface area contributed by atoms with Gasteiger partial charge >= 0.3 is 6.09 Å². The van der Waals surface area contributed by atoms with E-state index in [4.69, 9.17) is 9.84 Å². The average Bonchev–Trinajstić information content (AvgIpc) is 2.94. The Bertz CT molecular complexity index is 565. The number of hydrogen-bond acceptors (Lipinski definition) is 4. The van der Waals surface area contributed by atoms with Crippen molar-refractivity contribution >= 4 is 17.9 Å². The summed E-state index contributed by atoms with van der Waals surface area (Å²) in [4.78, 5) is 36.4. The predicted molar refractivity (Wildman–Crippen MR) is 66.5 cm³/mol. The Morgan fingerprint density at radius 3 is 2.35 bits per heavy atom. The third-order valence-corrected chi connectivity index (χ3v) is 3.52. The molecule has 20 heavy (non-hydrogen) atoms. The number of imide groups is 1. The topological polar surface area (TPSA) is 95.9 Å². The van der Waals surface area contributed by atoms with Crippen molar-refractivity contribution in [1.29, 1.82) is 0 Å². The molecule has 0 aliphatic carbocycles. The minimum absolute atomic E-state index is 0.135. The lowest BCUT2D eigenvalue weighted by atomic mass is 10.1. The van der Waals surface area contributed by atoms with Crippen molar-refractivity contribution < 1.29 is 24.2 Å². The van der Waals surface area contributed by atoms with E-state index in [1.807, 2.05) is 0 Å². The minimum Gasteiger partial charge on any atom is -0.465 e. The quantitative estimate of drug-likeness (QED) is 0.758. The van der Waals surface area contributed by atoms with Crippen molar-refractivity contribution in [2.45, 2.75) is 12.1 Å². The smallest absolute Gasteiger partial charge is 0.405 e. The summed E-state index contributed by atoms with van der Waals surface area (Å²) >= 11 is 0. The molecule has 1 aromatic carbocycles. The number of benzene rings is 1. The molecule has 2 aliphatic heterocycles. The summed E-state index contributed by atoms with van der Waals surface area (Å²) in [5, 5.41) is 11.1. The zero-order valence-corrected chi connectivity index (χ0v) is 10.4. The summed E-state index contributed by atoms with van der Waals surface area (Å²) in [7, 11) is 0. The first-order valence-electron chi connectivity index (χ1n) is 6.13. The summed E-state index contributed by atoms with van der Waals surface area (Å²) in [5.74, 6) is -0.809. The Morgan fingerprint density at radius 2 is 1.80 bits per heavy atom. The fourth-order valence-electron chi connectivity index (χ4n) is 2.60. The van der Waals surface area contributed by atoms with Gasteiger partial charge in [0, 0.05) is 0 Å². The van der Waals surface area contributed by atoms with E-state index in [1.165, 1.54) is 0 Å². The highest BCUT2D eigenvalue weighted by molar-refractivity contribution is 6.21. The second-order valence-electron chi connectivity index (χ2n) is 4.69. The van der Waals surface area contributed by atoms with Crippen molar-refractivity contribution in [2.75, 3.05) is 13.2 Å². The fourth-order valence-corrected chi connectivity index (χ4v) is 2.60. The van der Waals surface area contributed by atoms with Gasteiger partial charge in [0.1, 0.15) is 0 Å². The van der Waals surface area contributed by atoms with Gasteiger partial charge in [-0.2, -0.15) is 0 Å². The van der Waals surface area contributed by atoms with Gasteiger partial charge in [0.05, 0.1) is 36.4 Å². The van der Waals surface area contributed by atoms with Gasteiger partial charge in [-0.3, -0.25) is 14.5 Å². The van der Waals surface area contributed by atoms with Crippen LogP contribution in [0.2, 0.25) is 0 Å². The van der Waals surface area contributed by atoms with Gasteiger partial charge in [-0.15, -0.1) is 0 Å². The maximum absolute atomic E-state index is 12.3. The molecule has 2 heterocycles. The van der Waals surface area contributed by atoms with Crippen LogP contribution in [0.3, 0.4) is 0 Å². The number of ether oxygens (including phenoxy) is 1. The standard InChI is InChI=1S/C13H12N2O5/c16-11-7-3-1-2-4-8(7)12(17)15(11)10-6-20-5-9(10)14-13(18)19/h1-4,9-10,14H,5-6H2,(H,18,19)/t9-,10+/m1/s1. The molecule has 3 amide bonds. The molecule has 7 nitrogen and oxygen atoms in total. The van der Waals surface area contributed by atoms with E-state index in [1.54, 1.807) is 24.3 Å². The number of amides is 3. The van der Waals surface area contributed by atoms with Gasteiger partial charge in [-0.1, -0.05) is 12.1 Å². The molecule has 2 atom stereocenters. The lowest BCUT2D eigenvalue weighted by molar-refractivity contribution is 0.0551. The van der Waals surface area contributed by atoms with Crippen LogP contribution in [0.25, 0.3) is 0 Å². The minimum atomic E-state index is -1.21. The van der Waals surface area contributed by atoms with Gasteiger partial charge in [0.25, 0.3) is 11.8 Å². The van der Waals surface area contributed by atoms with Crippen LogP contribution >= 0.6 is 0 Å². The third kappa shape index (κ3) is 1.83. The Hall–Kier alpha value is -2.41. The molecule has 104 valence electrons. The van der Waals surface area contributed by atoms with Gasteiger partial charge in [-0.25, -0.2) is 4.79 Å². The Morgan fingerprint density at radius 1 is 1.20 bits per heavy atom. The number of nitrogens with one attached hydrogen (secondary N) is 1. The molecular formula is C13H12N2O5. The van der Waals surface area contributed by atoms with Crippen LogP contribution in [-0.4, -0.2) is 53.2 Å². The molecule has 1 fully saturated rings. The molecule has 0 spiro atoms. The molecule has 1 aromatic rings. The van der Waals surface area contributed by atoms with E-state index >= 15 is 0 Å². The van der Waals surface area contributed by atoms with Crippen molar-refractivity contribution in [3.63, 3.8) is 0 Å². The molecule has 0 saturated carbocycles. The molecular weight excluding hydrogens is 264 g/mol. The first kappa shape index (κ1) is 12.6. The number of carbonyl (C=O) groups is 3. The maximum atomic E-state index is 12.3. The summed E-state index contributed by atoms with van der Waals surface area (Å²) in [6, 6.07) is 5.33. The summed E-state index contributed by atoms with van der Waals surface area (Å²) in [6.45, 7) is 0.279. The molecule has 1 saturated heterocycles. The summed E-state index contributed by atoms with van der Waals surface area (Å²) < 4.78 is 5.21. The fraction of sp³-hybridized carbons (Fsp3) is 0.308. The summed E-state index contributed by atoms with van der Waals surface area (Å²) in [5.41, 5.74) is 0.692. The lowest BCUT2D eigenvalue weighted by Gasteiger charge is -2.25. The van der Waals surface area contributed by atoms with Crippen molar-refractivity contribution in [3.8, 4) is 0 Å². The summed E-state index contributed by atoms with van der Waals surface area (Å²) in [6.07, 6.45) is -1.21. The first-order chi connectivity index (χ1) is 9.59.